The molecular formula is C18H14ClF2N3O. The van der Waals surface area contributed by atoms with Gasteiger partial charge in [-0.1, -0.05) is 23.7 Å². The predicted molar refractivity (Wildman–Crippen MR) is 90.9 cm³/mol. The highest BCUT2D eigenvalue weighted by atomic mass is 35.5. The van der Waals surface area contributed by atoms with Crippen molar-refractivity contribution < 1.29 is 13.5 Å². The Morgan fingerprint density at radius 3 is 2.44 bits per heavy atom. The molecule has 0 unspecified atom stereocenters. The van der Waals surface area contributed by atoms with Crippen molar-refractivity contribution in [2.75, 3.05) is 0 Å². The third-order valence-electron chi connectivity index (χ3n) is 3.49. The number of ether oxygens (including phenoxy) is 1. The first-order chi connectivity index (χ1) is 12.0. The Morgan fingerprint density at radius 2 is 1.76 bits per heavy atom. The highest BCUT2D eigenvalue weighted by molar-refractivity contribution is 6.30. The van der Waals surface area contributed by atoms with Crippen molar-refractivity contribution in [2.24, 2.45) is 0 Å². The number of hydrogen-bond acceptors (Lipinski definition) is 4. The molecule has 0 radical (unpaired) electrons. The minimum atomic E-state index is -2.96. The van der Waals surface area contributed by atoms with Gasteiger partial charge < -0.3 is 4.74 Å². The van der Waals surface area contributed by atoms with Gasteiger partial charge in [0.15, 0.2) is 0 Å². The number of aryl methyl sites for hydroxylation is 1. The summed E-state index contributed by atoms with van der Waals surface area (Å²) in [7, 11) is 0. The van der Waals surface area contributed by atoms with Gasteiger partial charge in [-0.3, -0.25) is 0 Å². The van der Waals surface area contributed by atoms with Crippen molar-refractivity contribution in [3.63, 3.8) is 0 Å². The number of aromatic nitrogens is 3. The van der Waals surface area contributed by atoms with Crippen LogP contribution in [0.1, 0.15) is 17.0 Å². The summed E-state index contributed by atoms with van der Waals surface area (Å²) < 4.78 is 29.9. The van der Waals surface area contributed by atoms with E-state index < -0.39 is 6.61 Å². The number of pyridine rings is 1. The van der Waals surface area contributed by atoms with Crippen LogP contribution in [-0.4, -0.2) is 21.6 Å². The van der Waals surface area contributed by atoms with Crippen LogP contribution in [0.25, 0.3) is 11.1 Å². The molecule has 7 heteroatoms. The van der Waals surface area contributed by atoms with Crippen LogP contribution in [0.4, 0.5) is 8.78 Å². The maximum atomic E-state index is 12.7. The number of benzene rings is 1. The van der Waals surface area contributed by atoms with Gasteiger partial charge in [-0.25, -0.2) is 15.0 Å². The van der Waals surface area contributed by atoms with E-state index in [1.807, 2.05) is 0 Å². The Kier molecular flexibility index (Phi) is 5.19. The maximum absolute atomic E-state index is 12.7. The molecule has 2 aromatic heterocycles. The lowest BCUT2D eigenvalue weighted by Gasteiger charge is -2.12. The zero-order valence-corrected chi connectivity index (χ0v) is 14.0. The van der Waals surface area contributed by atoms with Gasteiger partial charge in [-0.05, 0) is 41.8 Å². The fourth-order valence-electron chi connectivity index (χ4n) is 2.38. The van der Waals surface area contributed by atoms with Crippen molar-refractivity contribution in [3.8, 4) is 17.0 Å². The molecule has 3 rings (SSSR count). The summed E-state index contributed by atoms with van der Waals surface area (Å²) >= 11 is 6.01. The molecule has 3 aromatic rings. The summed E-state index contributed by atoms with van der Waals surface area (Å²) in [6.45, 7) is -1.15. The average molecular weight is 362 g/mol. The van der Waals surface area contributed by atoms with E-state index >= 15 is 0 Å². The van der Waals surface area contributed by atoms with Gasteiger partial charge in [0.1, 0.15) is 5.82 Å². The van der Waals surface area contributed by atoms with E-state index in [1.54, 1.807) is 49.6 Å². The Hall–Kier alpha value is -2.60. The van der Waals surface area contributed by atoms with E-state index in [0.717, 1.165) is 11.1 Å². The molecule has 0 amide bonds. The lowest BCUT2D eigenvalue weighted by Crippen LogP contribution is -2.06. The van der Waals surface area contributed by atoms with E-state index in [4.69, 9.17) is 11.6 Å². The van der Waals surface area contributed by atoms with Crippen LogP contribution in [0.15, 0.2) is 48.9 Å². The first kappa shape index (κ1) is 17.2. The van der Waals surface area contributed by atoms with Gasteiger partial charge >= 0.3 is 6.61 Å². The Bertz CT molecular complexity index is 872. The fourth-order valence-corrected chi connectivity index (χ4v) is 2.57. The van der Waals surface area contributed by atoms with Crippen LogP contribution in [0.2, 0.25) is 5.02 Å². The second-order valence-corrected chi connectivity index (χ2v) is 5.84. The Morgan fingerprint density at radius 1 is 1.04 bits per heavy atom. The SMILES string of the molecule is Cc1ncc(Cc2cnc(OC(F)F)c(-c3cccc(Cl)c3)c2)cn1. The van der Waals surface area contributed by atoms with Gasteiger partial charge in [0, 0.05) is 35.6 Å². The quantitative estimate of drug-likeness (QED) is 0.661. The number of nitrogens with zero attached hydrogens (tertiary/aromatic N) is 3. The first-order valence-electron chi connectivity index (χ1n) is 7.48. The predicted octanol–water partition coefficient (Wildman–Crippen LogP) is 4.69. The summed E-state index contributed by atoms with van der Waals surface area (Å²) in [6, 6.07) is 8.65. The van der Waals surface area contributed by atoms with Crippen LogP contribution in [0, 0.1) is 6.92 Å². The molecule has 0 atom stereocenters. The van der Waals surface area contributed by atoms with E-state index in [9.17, 15) is 8.78 Å². The molecule has 1 aromatic carbocycles. The molecule has 0 N–H and O–H groups in total. The van der Waals surface area contributed by atoms with Gasteiger partial charge in [0.05, 0.1) is 0 Å². The van der Waals surface area contributed by atoms with Crippen LogP contribution >= 0.6 is 11.6 Å². The minimum Gasteiger partial charge on any atom is -0.416 e. The zero-order chi connectivity index (χ0) is 17.8. The van der Waals surface area contributed by atoms with Crippen LogP contribution < -0.4 is 4.74 Å². The summed E-state index contributed by atoms with van der Waals surface area (Å²) in [5, 5.41) is 0.498. The standard InChI is InChI=1S/C18H14ClF2N3O/c1-11-22-9-13(10-23-11)5-12-6-16(14-3-2-4-15(19)7-14)17(24-8-12)25-18(20)21/h2-4,6-10,18H,5H2,1H3. The normalized spacial score (nSPS) is 10.9. The highest BCUT2D eigenvalue weighted by Gasteiger charge is 2.14. The smallest absolute Gasteiger partial charge is 0.388 e. The van der Waals surface area contributed by atoms with Crippen molar-refractivity contribution in [1.82, 2.24) is 15.0 Å². The van der Waals surface area contributed by atoms with Crippen molar-refractivity contribution in [1.29, 1.82) is 0 Å². The molecule has 0 fully saturated rings. The molecule has 128 valence electrons. The second-order valence-electron chi connectivity index (χ2n) is 5.40. The monoisotopic (exact) mass is 361 g/mol. The molecule has 0 saturated carbocycles. The largest absolute Gasteiger partial charge is 0.416 e. The number of hydrogen-bond donors (Lipinski definition) is 0. The maximum Gasteiger partial charge on any atom is 0.388 e. The molecule has 2 heterocycles. The van der Waals surface area contributed by atoms with Gasteiger partial charge in [-0.15, -0.1) is 0 Å². The van der Waals surface area contributed by atoms with E-state index in [2.05, 4.69) is 19.7 Å². The van der Waals surface area contributed by atoms with Gasteiger partial charge in [0.25, 0.3) is 0 Å². The van der Waals surface area contributed by atoms with Crippen molar-refractivity contribution in [3.05, 3.63) is 70.9 Å². The molecule has 0 aliphatic heterocycles. The molecule has 0 bridgehead atoms. The van der Waals surface area contributed by atoms with Gasteiger partial charge in [0.2, 0.25) is 5.88 Å². The fraction of sp³-hybridized carbons (Fsp3) is 0.167. The van der Waals surface area contributed by atoms with E-state index in [0.29, 0.717) is 28.4 Å². The zero-order valence-electron chi connectivity index (χ0n) is 13.3. The molecular weight excluding hydrogens is 348 g/mol. The molecule has 0 spiro atoms. The van der Waals surface area contributed by atoms with E-state index in [1.165, 1.54) is 6.20 Å². The summed E-state index contributed by atoms with van der Waals surface area (Å²) in [4.78, 5) is 12.4. The van der Waals surface area contributed by atoms with Gasteiger partial charge in [-0.2, -0.15) is 8.78 Å². The summed E-state index contributed by atoms with van der Waals surface area (Å²) in [5.74, 6) is 0.545. The average Bonchev–Trinajstić information content (AvgIpc) is 2.58. The van der Waals surface area contributed by atoms with Crippen molar-refractivity contribution >= 4 is 11.6 Å². The molecule has 0 aliphatic carbocycles. The van der Waals surface area contributed by atoms with Crippen LogP contribution in [-0.2, 0) is 6.42 Å². The second kappa shape index (κ2) is 7.53. The lowest BCUT2D eigenvalue weighted by molar-refractivity contribution is -0.0524. The summed E-state index contributed by atoms with van der Waals surface area (Å²) in [6.07, 6.45) is 5.48. The number of halogens is 3. The number of rotatable bonds is 5. The van der Waals surface area contributed by atoms with Crippen molar-refractivity contribution in [2.45, 2.75) is 20.0 Å². The van der Waals surface area contributed by atoms with Crippen LogP contribution in [0.3, 0.4) is 0 Å². The molecule has 0 saturated heterocycles. The van der Waals surface area contributed by atoms with Crippen LogP contribution in [0.5, 0.6) is 5.88 Å². The summed E-state index contributed by atoms with van der Waals surface area (Å²) in [5.41, 5.74) is 2.82. The molecule has 4 nitrogen and oxygen atoms in total. The molecule has 25 heavy (non-hydrogen) atoms. The Labute approximate surface area is 148 Å². The third kappa shape index (κ3) is 4.48. The highest BCUT2D eigenvalue weighted by Crippen LogP contribution is 2.32. The third-order valence-corrected chi connectivity index (χ3v) is 3.72. The Balaban J connectivity index is 1.98. The van der Waals surface area contributed by atoms with E-state index in [-0.39, 0.29) is 5.88 Å². The lowest BCUT2D eigenvalue weighted by atomic mass is 10.0. The minimum absolute atomic E-state index is 0.138. The number of alkyl halides is 2. The molecule has 0 aliphatic rings. The first-order valence-corrected chi connectivity index (χ1v) is 7.86. The topological polar surface area (TPSA) is 47.9 Å².